The maximum Gasteiger partial charge on any atom is 0.159 e. The van der Waals surface area contributed by atoms with Crippen LogP contribution < -0.4 is 4.90 Å². The predicted octanol–water partition coefficient (Wildman–Crippen LogP) is 19.9. The lowest BCUT2D eigenvalue weighted by atomic mass is 9.98. The molecule has 0 saturated heterocycles. The molecule has 15 rings (SSSR count). The molecule has 0 saturated carbocycles. The van der Waals surface area contributed by atoms with Gasteiger partial charge in [0.1, 0.15) is 5.58 Å². The molecule has 356 valence electrons. The minimum atomic E-state index is 0.855. The van der Waals surface area contributed by atoms with E-state index < -0.39 is 0 Å². The number of hydrogen-bond donors (Lipinski definition) is 0. The van der Waals surface area contributed by atoms with Crippen molar-refractivity contribution < 1.29 is 4.42 Å². The summed E-state index contributed by atoms with van der Waals surface area (Å²) in [4.78, 5) is 2.32. The van der Waals surface area contributed by atoms with Crippen LogP contribution in [-0.4, -0.2) is 9.13 Å². The monoisotopic (exact) mass is 969 g/mol. The van der Waals surface area contributed by atoms with Crippen molar-refractivity contribution in [3.63, 3.8) is 0 Å². The molecule has 15 aromatic rings. The fraction of sp³-hybridized carbons (Fsp3) is 0. The zero-order chi connectivity index (χ0) is 50.1. The van der Waals surface area contributed by atoms with Crippen molar-refractivity contribution in [3.05, 3.63) is 285 Å². The smallest absolute Gasteiger partial charge is 0.159 e. The van der Waals surface area contributed by atoms with Crippen LogP contribution in [0.2, 0.25) is 0 Å². The normalized spacial score (nSPS) is 11.7. The molecule has 0 spiro atoms. The highest BCUT2D eigenvalue weighted by atomic mass is 16.3. The van der Waals surface area contributed by atoms with Crippen molar-refractivity contribution in [1.82, 2.24) is 9.13 Å². The van der Waals surface area contributed by atoms with Crippen LogP contribution in [0.25, 0.3) is 121 Å². The number of para-hydroxylation sites is 6. The summed E-state index contributed by atoms with van der Waals surface area (Å²) in [6, 6.07) is 103. The predicted molar refractivity (Wildman–Crippen MR) is 319 cm³/mol. The Morgan fingerprint density at radius 2 is 0.645 bits per heavy atom. The van der Waals surface area contributed by atoms with Gasteiger partial charge in [0.15, 0.2) is 5.58 Å². The number of anilines is 3. The molecule has 0 aliphatic rings. The Morgan fingerprint density at radius 3 is 1.22 bits per heavy atom. The van der Waals surface area contributed by atoms with Crippen LogP contribution in [0.15, 0.2) is 290 Å². The maximum atomic E-state index is 6.68. The Morgan fingerprint density at radius 1 is 0.250 bits per heavy atom. The summed E-state index contributed by atoms with van der Waals surface area (Å²) >= 11 is 0. The van der Waals surface area contributed by atoms with Crippen molar-refractivity contribution in [1.29, 1.82) is 0 Å². The van der Waals surface area contributed by atoms with E-state index in [0.717, 1.165) is 72.6 Å². The van der Waals surface area contributed by atoms with Gasteiger partial charge in [0.2, 0.25) is 0 Å². The standard InChI is InChI=1S/C72H47N3O/c1-3-14-56(15-4-1)74-67-23-11-8-19-61(67)65-46-54(39-45-68(65)74)52-30-26-48(27-31-52)50-34-40-58(41-35-50)73(69-24-13-21-64-63-20-9-12-25-71(63)76-72(64)69)59-42-36-51(37-43-59)49-28-32-53(33-29-49)55-38-44-62-60-18-7-10-22-66(60)75(70(62)47-55)57-16-5-2-6-17-57/h1-47H. The van der Waals surface area contributed by atoms with Crippen LogP contribution in [0.4, 0.5) is 17.1 Å². The second-order valence-electron chi connectivity index (χ2n) is 19.7. The van der Waals surface area contributed by atoms with Crippen LogP contribution in [0.3, 0.4) is 0 Å². The first kappa shape index (κ1) is 43.4. The minimum Gasteiger partial charge on any atom is -0.454 e. The van der Waals surface area contributed by atoms with Gasteiger partial charge >= 0.3 is 0 Å². The first-order chi connectivity index (χ1) is 37.7. The third kappa shape index (κ3) is 7.22. The lowest BCUT2D eigenvalue weighted by Crippen LogP contribution is -2.10. The van der Waals surface area contributed by atoms with Gasteiger partial charge in [-0.05, 0) is 136 Å². The third-order valence-electron chi connectivity index (χ3n) is 15.4. The molecule has 4 nitrogen and oxygen atoms in total. The zero-order valence-electron chi connectivity index (χ0n) is 41.4. The van der Waals surface area contributed by atoms with Crippen molar-refractivity contribution in [3.8, 4) is 55.9 Å². The topological polar surface area (TPSA) is 26.2 Å². The first-order valence-corrected chi connectivity index (χ1v) is 26.0. The molecule has 3 aromatic heterocycles. The number of nitrogens with zero attached hydrogens (tertiary/aromatic N) is 3. The second kappa shape index (κ2) is 17.8. The maximum absolute atomic E-state index is 6.68. The van der Waals surface area contributed by atoms with Crippen molar-refractivity contribution in [2.75, 3.05) is 4.90 Å². The van der Waals surface area contributed by atoms with Crippen LogP contribution in [0, 0.1) is 0 Å². The highest BCUT2D eigenvalue weighted by Crippen LogP contribution is 2.44. The van der Waals surface area contributed by atoms with E-state index in [0.29, 0.717) is 0 Å². The summed E-state index contributed by atoms with van der Waals surface area (Å²) in [7, 11) is 0. The van der Waals surface area contributed by atoms with Gasteiger partial charge in [-0.2, -0.15) is 0 Å². The van der Waals surface area contributed by atoms with Crippen LogP contribution in [0.1, 0.15) is 0 Å². The summed E-state index contributed by atoms with van der Waals surface area (Å²) < 4.78 is 11.4. The Hall–Kier alpha value is -10.2. The third-order valence-corrected chi connectivity index (χ3v) is 15.4. The van der Waals surface area contributed by atoms with E-state index in [4.69, 9.17) is 4.42 Å². The molecule has 0 bridgehead atoms. The number of aromatic nitrogens is 2. The van der Waals surface area contributed by atoms with Crippen molar-refractivity contribution in [2.45, 2.75) is 0 Å². The molecule has 12 aromatic carbocycles. The summed E-state index contributed by atoms with van der Waals surface area (Å²) in [5, 5.41) is 7.21. The highest BCUT2D eigenvalue weighted by molar-refractivity contribution is 6.12. The average Bonchev–Trinajstić information content (AvgIpc) is 4.16. The van der Waals surface area contributed by atoms with Crippen molar-refractivity contribution >= 4 is 82.6 Å². The van der Waals surface area contributed by atoms with Crippen LogP contribution >= 0.6 is 0 Å². The largest absolute Gasteiger partial charge is 0.454 e. The molecule has 0 atom stereocenters. The molecule has 0 radical (unpaired) electrons. The molecule has 76 heavy (non-hydrogen) atoms. The van der Waals surface area contributed by atoms with Gasteiger partial charge in [-0.3, -0.25) is 0 Å². The number of benzene rings is 12. The van der Waals surface area contributed by atoms with E-state index in [1.807, 2.05) is 6.07 Å². The van der Waals surface area contributed by atoms with Crippen LogP contribution in [0.5, 0.6) is 0 Å². The molecule has 0 fully saturated rings. The number of furan rings is 1. The van der Waals surface area contributed by atoms with E-state index in [2.05, 4.69) is 293 Å². The van der Waals surface area contributed by atoms with Gasteiger partial charge in [-0.1, -0.05) is 194 Å². The van der Waals surface area contributed by atoms with E-state index in [1.165, 1.54) is 65.9 Å². The van der Waals surface area contributed by atoms with Gasteiger partial charge in [0.05, 0.1) is 27.8 Å². The first-order valence-electron chi connectivity index (χ1n) is 26.0. The second-order valence-corrected chi connectivity index (χ2v) is 19.7. The number of hydrogen-bond acceptors (Lipinski definition) is 2. The Bertz CT molecular complexity index is 4640. The molecule has 3 heterocycles. The number of fused-ring (bicyclic) bond motifs is 9. The lowest BCUT2D eigenvalue weighted by molar-refractivity contribution is 0.669. The quantitative estimate of drug-likeness (QED) is 0.144. The van der Waals surface area contributed by atoms with E-state index >= 15 is 0 Å². The molecule has 0 amide bonds. The molecule has 0 aliphatic carbocycles. The van der Waals surface area contributed by atoms with Gasteiger partial charge in [-0.15, -0.1) is 0 Å². The van der Waals surface area contributed by atoms with Crippen molar-refractivity contribution in [2.24, 2.45) is 0 Å². The minimum absolute atomic E-state index is 0.855. The summed E-state index contributed by atoms with van der Waals surface area (Å²) in [6.07, 6.45) is 0. The molecule has 0 unspecified atom stereocenters. The van der Waals surface area contributed by atoms with Gasteiger partial charge < -0.3 is 18.5 Å². The number of rotatable bonds is 9. The van der Waals surface area contributed by atoms with E-state index in [1.54, 1.807) is 0 Å². The molecule has 4 heteroatoms. The molecular weight excluding hydrogens is 923 g/mol. The summed E-state index contributed by atoms with van der Waals surface area (Å²) in [5.74, 6) is 0. The van der Waals surface area contributed by atoms with Gasteiger partial charge in [0, 0.05) is 55.1 Å². The molecular formula is C72H47N3O. The van der Waals surface area contributed by atoms with E-state index in [9.17, 15) is 0 Å². The van der Waals surface area contributed by atoms with E-state index in [-0.39, 0.29) is 0 Å². The van der Waals surface area contributed by atoms with Gasteiger partial charge in [-0.25, -0.2) is 0 Å². The lowest BCUT2D eigenvalue weighted by Gasteiger charge is -2.26. The molecule has 0 N–H and O–H groups in total. The fourth-order valence-electron chi connectivity index (χ4n) is 11.7. The molecule has 0 aliphatic heterocycles. The Kier molecular flexibility index (Phi) is 10.2. The Labute approximate surface area is 439 Å². The van der Waals surface area contributed by atoms with Gasteiger partial charge in [0.25, 0.3) is 0 Å². The Balaban J connectivity index is 0.745. The zero-order valence-corrected chi connectivity index (χ0v) is 41.4. The van der Waals surface area contributed by atoms with Crippen LogP contribution in [-0.2, 0) is 0 Å². The fourth-order valence-corrected chi connectivity index (χ4v) is 11.7. The summed E-state index contributed by atoms with van der Waals surface area (Å²) in [6.45, 7) is 0. The average molecular weight is 970 g/mol. The SMILES string of the molecule is c1ccc(-n2c3ccccc3c3cc(-c4ccc(-c5ccc(N(c6ccc(-c7ccc(-c8ccc9c%10ccccc%10n(-c%10ccccc%10)c9c8)cc7)cc6)c6cccc7c6oc6ccccc67)cc5)cc4)ccc32)cc1. The summed E-state index contributed by atoms with van der Waals surface area (Å²) in [5.41, 5.74) is 21.3. The highest BCUT2D eigenvalue weighted by Gasteiger charge is 2.21.